The zero-order valence-electron chi connectivity index (χ0n) is 15.4. The summed E-state index contributed by atoms with van der Waals surface area (Å²) in [6.07, 6.45) is 1.59. The van der Waals surface area contributed by atoms with Gasteiger partial charge in [0.15, 0.2) is 5.78 Å². The number of benzene rings is 2. The normalized spacial score (nSPS) is 28.7. The molecule has 0 saturated carbocycles. The third-order valence-corrected chi connectivity index (χ3v) is 6.33. The minimum absolute atomic E-state index is 0.170. The molecule has 3 heterocycles. The first-order valence-corrected chi connectivity index (χ1v) is 9.66. The van der Waals surface area contributed by atoms with Crippen LogP contribution in [0, 0.1) is 23.5 Å². The molecular formula is C22H18F2N2O3. The van der Waals surface area contributed by atoms with Crippen LogP contribution in [0.4, 0.5) is 14.5 Å². The summed E-state index contributed by atoms with van der Waals surface area (Å²) < 4.78 is 26.6. The average Bonchev–Trinajstić information content (AvgIpc) is 3.35. The van der Waals surface area contributed by atoms with E-state index in [2.05, 4.69) is 0 Å². The Morgan fingerprint density at radius 1 is 0.862 bits per heavy atom. The van der Waals surface area contributed by atoms with Gasteiger partial charge >= 0.3 is 0 Å². The first kappa shape index (κ1) is 18.1. The molecule has 3 saturated heterocycles. The Labute approximate surface area is 165 Å². The molecule has 0 N–H and O–H groups in total. The fourth-order valence-electron chi connectivity index (χ4n) is 5.14. The molecule has 148 valence electrons. The van der Waals surface area contributed by atoms with Gasteiger partial charge in [-0.3, -0.25) is 19.3 Å². The number of hydrogen-bond acceptors (Lipinski definition) is 4. The third-order valence-electron chi connectivity index (χ3n) is 6.33. The monoisotopic (exact) mass is 396 g/mol. The molecule has 2 amide bonds. The summed E-state index contributed by atoms with van der Waals surface area (Å²) >= 11 is 0. The van der Waals surface area contributed by atoms with E-state index >= 15 is 0 Å². The number of nitrogens with zero attached hydrogens (tertiary/aromatic N) is 2. The first-order chi connectivity index (χ1) is 14.0. The van der Waals surface area contributed by atoms with Crippen molar-refractivity contribution in [1.29, 1.82) is 0 Å². The Bertz CT molecular complexity index is 1010. The molecule has 2 aromatic carbocycles. The maximum absolute atomic E-state index is 13.3. The van der Waals surface area contributed by atoms with Crippen molar-refractivity contribution in [3.05, 3.63) is 65.7 Å². The number of fused-ring (bicyclic) bond motifs is 3. The first-order valence-electron chi connectivity index (χ1n) is 9.66. The van der Waals surface area contributed by atoms with E-state index in [1.807, 2.05) is 4.90 Å². The lowest BCUT2D eigenvalue weighted by atomic mass is 9.85. The largest absolute Gasteiger partial charge is 0.292 e. The molecule has 0 aliphatic carbocycles. The lowest BCUT2D eigenvalue weighted by Gasteiger charge is -2.27. The molecule has 7 heteroatoms. The van der Waals surface area contributed by atoms with E-state index in [0.717, 1.165) is 17.7 Å². The standard InChI is InChI=1S/C22H18F2N2O3/c23-13-5-3-12(4-6-13)20(27)19-18-17(16-2-1-11-25(16)19)21(28)26(22(18)29)15-9-7-14(24)8-10-15/h3-10,16-19H,1-2,11H2/t16-,17-,18+,19+/m1/s1. The van der Waals surface area contributed by atoms with Gasteiger partial charge in [0, 0.05) is 11.6 Å². The van der Waals surface area contributed by atoms with Crippen molar-refractivity contribution in [2.24, 2.45) is 11.8 Å². The Kier molecular flexibility index (Phi) is 4.10. The summed E-state index contributed by atoms with van der Waals surface area (Å²) in [5, 5.41) is 0. The van der Waals surface area contributed by atoms with Crippen LogP contribution >= 0.6 is 0 Å². The molecule has 2 aromatic rings. The van der Waals surface area contributed by atoms with Crippen molar-refractivity contribution >= 4 is 23.3 Å². The van der Waals surface area contributed by atoms with Gasteiger partial charge < -0.3 is 0 Å². The summed E-state index contributed by atoms with van der Waals surface area (Å²) in [6, 6.07) is 9.53. The molecule has 0 bridgehead atoms. The lowest BCUT2D eigenvalue weighted by molar-refractivity contribution is -0.123. The Hall–Kier alpha value is -2.93. The van der Waals surface area contributed by atoms with E-state index in [1.165, 1.54) is 48.5 Å². The summed E-state index contributed by atoms with van der Waals surface area (Å²) in [5.74, 6) is -3.32. The molecule has 0 spiro atoms. The highest BCUT2D eigenvalue weighted by atomic mass is 19.1. The highest BCUT2D eigenvalue weighted by Crippen LogP contribution is 2.48. The summed E-state index contributed by atoms with van der Waals surface area (Å²) in [5.41, 5.74) is 0.636. The van der Waals surface area contributed by atoms with E-state index in [4.69, 9.17) is 0 Å². The second-order valence-corrected chi connectivity index (χ2v) is 7.80. The third kappa shape index (κ3) is 2.64. The molecule has 3 aliphatic heterocycles. The van der Waals surface area contributed by atoms with Crippen molar-refractivity contribution in [3.63, 3.8) is 0 Å². The second-order valence-electron chi connectivity index (χ2n) is 7.80. The highest BCUT2D eigenvalue weighted by molar-refractivity contribution is 6.24. The van der Waals surface area contributed by atoms with E-state index in [-0.39, 0.29) is 17.7 Å². The number of hydrogen-bond donors (Lipinski definition) is 0. The topological polar surface area (TPSA) is 57.7 Å². The Morgan fingerprint density at radius 2 is 1.45 bits per heavy atom. The molecule has 0 radical (unpaired) electrons. The number of carbonyl (C=O) groups excluding carboxylic acids is 3. The fourth-order valence-corrected chi connectivity index (χ4v) is 5.14. The second kappa shape index (κ2) is 6.56. The number of imide groups is 1. The molecule has 5 nitrogen and oxygen atoms in total. The fraction of sp³-hybridized carbons (Fsp3) is 0.318. The van der Waals surface area contributed by atoms with Gasteiger partial charge in [-0.2, -0.15) is 0 Å². The van der Waals surface area contributed by atoms with Crippen molar-refractivity contribution < 1.29 is 23.2 Å². The van der Waals surface area contributed by atoms with Crippen LogP contribution in [0.2, 0.25) is 0 Å². The SMILES string of the molecule is O=C(c1ccc(F)cc1)[C@@H]1[C@H]2C(=O)N(c3ccc(F)cc3)C(=O)[C@@H]2[C@H]2CCCN21. The van der Waals surface area contributed by atoms with Gasteiger partial charge in [0.05, 0.1) is 23.6 Å². The van der Waals surface area contributed by atoms with Gasteiger partial charge in [-0.15, -0.1) is 0 Å². The molecule has 0 unspecified atom stereocenters. The zero-order valence-corrected chi connectivity index (χ0v) is 15.4. The highest BCUT2D eigenvalue weighted by Gasteiger charge is 2.64. The van der Waals surface area contributed by atoms with Gasteiger partial charge in [-0.25, -0.2) is 13.7 Å². The Morgan fingerprint density at radius 3 is 2.10 bits per heavy atom. The van der Waals surface area contributed by atoms with Gasteiger partial charge in [-0.05, 0) is 67.9 Å². The molecule has 0 aromatic heterocycles. The molecule has 3 fully saturated rings. The van der Waals surface area contributed by atoms with Gasteiger partial charge in [-0.1, -0.05) is 0 Å². The molecular weight excluding hydrogens is 378 g/mol. The van der Waals surface area contributed by atoms with Crippen molar-refractivity contribution in [3.8, 4) is 0 Å². The minimum atomic E-state index is -0.782. The molecule has 5 rings (SSSR count). The van der Waals surface area contributed by atoms with Gasteiger partial charge in [0.25, 0.3) is 0 Å². The maximum Gasteiger partial charge on any atom is 0.239 e. The van der Waals surface area contributed by atoms with Crippen LogP contribution in [0.1, 0.15) is 23.2 Å². The summed E-state index contributed by atoms with van der Waals surface area (Å²) in [6.45, 7) is 0.645. The van der Waals surface area contributed by atoms with Crippen LogP contribution < -0.4 is 4.90 Å². The lowest BCUT2D eigenvalue weighted by Crippen LogP contribution is -2.46. The average molecular weight is 396 g/mol. The Balaban J connectivity index is 1.54. The minimum Gasteiger partial charge on any atom is -0.292 e. The number of anilines is 1. The van der Waals surface area contributed by atoms with Crippen LogP contribution in [-0.4, -0.2) is 41.1 Å². The number of halogens is 2. The number of ketones is 1. The molecule has 29 heavy (non-hydrogen) atoms. The van der Waals surface area contributed by atoms with Gasteiger partial charge in [0.1, 0.15) is 11.6 Å². The number of rotatable bonds is 3. The smallest absolute Gasteiger partial charge is 0.239 e. The zero-order chi connectivity index (χ0) is 20.3. The van der Waals surface area contributed by atoms with Crippen LogP contribution in [0.3, 0.4) is 0 Å². The van der Waals surface area contributed by atoms with E-state index < -0.39 is 35.4 Å². The van der Waals surface area contributed by atoms with Crippen LogP contribution in [0.5, 0.6) is 0 Å². The van der Waals surface area contributed by atoms with Crippen LogP contribution in [0.25, 0.3) is 0 Å². The molecule has 4 atom stereocenters. The van der Waals surface area contributed by atoms with Crippen LogP contribution in [-0.2, 0) is 9.59 Å². The van der Waals surface area contributed by atoms with E-state index in [9.17, 15) is 23.2 Å². The quantitative estimate of drug-likeness (QED) is 0.591. The van der Waals surface area contributed by atoms with Gasteiger partial charge in [0.2, 0.25) is 11.8 Å². The van der Waals surface area contributed by atoms with E-state index in [0.29, 0.717) is 17.8 Å². The van der Waals surface area contributed by atoms with Crippen molar-refractivity contribution in [2.45, 2.75) is 24.9 Å². The summed E-state index contributed by atoms with van der Waals surface area (Å²) in [4.78, 5) is 42.8. The predicted molar refractivity (Wildman–Crippen MR) is 100 cm³/mol. The number of Topliss-reactive ketones (excluding diaryl/α,β-unsaturated/α-hetero) is 1. The molecule has 3 aliphatic rings. The number of amides is 2. The predicted octanol–water partition coefficient (Wildman–Crippen LogP) is 2.80. The van der Waals surface area contributed by atoms with Crippen molar-refractivity contribution in [1.82, 2.24) is 4.90 Å². The summed E-state index contributed by atoms with van der Waals surface area (Å²) in [7, 11) is 0. The number of carbonyl (C=O) groups is 3. The van der Waals surface area contributed by atoms with Crippen LogP contribution in [0.15, 0.2) is 48.5 Å². The maximum atomic E-state index is 13.3. The van der Waals surface area contributed by atoms with E-state index in [1.54, 1.807) is 0 Å². The van der Waals surface area contributed by atoms with Crippen molar-refractivity contribution in [2.75, 3.05) is 11.4 Å².